The van der Waals surface area contributed by atoms with Crippen LogP contribution in [-0.2, 0) is 0 Å². The highest BCUT2D eigenvalue weighted by atomic mass is 32.1. The minimum absolute atomic E-state index is 0.637. The van der Waals surface area contributed by atoms with Crippen LogP contribution in [0, 0.1) is 0 Å². The molecule has 0 atom stereocenters. The molecule has 10 aromatic carbocycles. The van der Waals surface area contributed by atoms with E-state index in [1.807, 2.05) is 29.5 Å². The van der Waals surface area contributed by atoms with Gasteiger partial charge in [-0.05, 0) is 60.0 Å². The molecule has 7 heteroatoms. The van der Waals surface area contributed by atoms with Gasteiger partial charge in [0.1, 0.15) is 0 Å². The molecule has 68 heavy (non-hydrogen) atoms. The fourth-order valence-electron chi connectivity index (χ4n) is 10.8. The zero-order valence-corrected chi connectivity index (χ0v) is 37.9. The molecule has 0 saturated heterocycles. The Bertz CT molecular complexity index is 4520. The van der Waals surface area contributed by atoms with Gasteiger partial charge in [-0.25, -0.2) is 15.0 Å². The second kappa shape index (κ2) is 14.5. The molecule has 5 heterocycles. The Hall–Kier alpha value is -8.49. The Morgan fingerprint density at radius 1 is 0.309 bits per heavy atom. The van der Waals surface area contributed by atoms with E-state index in [4.69, 9.17) is 15.0 Å². The average Bonchev–Trinajstić information content (AvgIpc) is 4.16. The van der Waals surface area contributed by atoms with Crippen LogP contribution >= 0.6 is 22.7 Å². The summed E-state index contributed by atoms with van der Waals surface area (Å²) >= 11 is 3.67. The Labute approximate surface area is 397 Å². The van der Waals surface area contributed by atoms with Crippen LogP contribution in [0.2, 0.25) is 0 Å². The number of benzene rings is 10. The molecule has 0 radical (unpaired) electrons. The van der Waals surface area contributed by atoms with E-state index < -0.39 is 0 Å². The van der Waals surface area contributed by atoms with Gasteiger partial charge >= 0.3 is 0 Å². The number of hydrogen-bond donors (Lipinski definition) is 0. The van der Waals surface area contributed by atoms with Crippen molar-refractivity contribution in [3.8, 4) is 45.5 Å². The Kier molecular flexibility index (Phi) is 8.04. The molecule has 0 aliphatic rings. The second-order valence-corrected chi connectivity index (χ2v) is 19.6. The number of hydrogen-bond acceptors (Lipinski definition) is 5. The number of rotatable bonds is 5. The summed E-state index contributed by atoms with van der Waals surface area (Å²) in [5.74, 6) is 1.94. The second-order valence-electron chi connectivity index (χ2n) is 17.5. The highest BCUT2D eigenvalue weighted by molar-refractivity contribution is 7.27. The quantitative estimate of drug-likeness (QED) is 0.173. The van der Waals surface area contributed by atoms with Gasteiger partial charge in [0.2, 0.25) is 0 Å². The zero-order chi connectivity index (χ0) is 44.5. The predicted octanol–water partition coefficient (Wildman–Crippen LogP) is 17.0. The van der Waals surface area contributed by atoms with Gasteiger partial charge < -0.3 is 9.13 Å². The molecule has 0 bridgehead atoms. The molecule has 0 spiro atoms. The standard InChI is InChI=1S/C61H35N5S2/c1-2-15-36(16-3-1)59-62-60(64-61(63-59)49-24-14-23-46-43-21-8-12-27-54(43)67-57(46)49)48-33-34-52(39-18-5-4-17-38(39)48)66-53-35-37(65-50-25-10-6-19-40(50)41-20-7-11-26-51(41)65)29-30-42(53)45-31-32-47-44-22-9-13-28-55(44)68-58(47)56(45)66/h1-35H. The van der Waals surface area contributed by atoms with Crippen molar-refractivity contribution >= 4 is 117 Å². The van der Waals surface area contributed by atoms with Crippen molar-refractivity contribution < 1.29 is 0 Å². The van der Waals surface area contributed by atoms with Gasteiger partial charge in [0.05, 0.1) is 32.5 Å². The molecule has 15 aromatic rings. The van der Waals surface area contributed by atoms with Gasteiger partial charge in [-0.1, -0.05) is 158 Å². The summed E-state index contributed by atoms with van der Waals surface area (Å²) in [7, 11) is 0. The topological polar surface area (TPSA) is 48.5 Å². The smallest absolute Gasteiger partial charge is 0.165 e. The van der Waals surface area contributed by atoms with Crippen LogP contribution in [0.4, 0.5) is 0 Å². The van der Waals surface area contributed by atoms with E-state index >= 15 is 0 Å². The SMILES string of the molecule is c1ccc(-c2nc(-c3ccc(-n4c5cc(-n6c7ccccc7c7ccccc76)ccc5c5ccc6c7ccccc7sc6c54)c4ccccc34)nc(-c3cccc4c3sc3ccccc34)n2)cc1. The van der Waals surface area contributed by atoms with Gasteiger partial charge in [-0.3, -0.25) is 0 Å². The van der Waals surface area contributed by atoms with Crippen LogP contribution in [0.25, 0.3) is 140 Å². The molecular weight excluding hydrogens is 867 g/mol. The highest BCUT2D eigenvalue weighted by Crippen LogP contribution is 2.46. The predicted molar refractivity (Wildman–Crippen MR) is 288 cm³/mol. The Morgan fingerprint density at radius 2 is 0.838 bits per heavy atom. The lowest BCUT2D eigenvalue weighted by atomic mass is 10.0. The maximum absolute atomic E-state index is 5.39. The molecule has 5 aromatic heterocycles. The van der Waals surface area contributed by atoms with Crippen molar-refractivity contribution in [3.05, 3.63) is 212 Å². The number of thiophene rings is 2. The van der Waals surface area contributed by atoms with Crippen molar-refractivity contribution in [2.24, 2.45) is 0 Å². The molecule has 0 aliphatic heterocycles. The molecule has 0 N–H and O–H groups in total. The van der Waals surface area contributed by atoms with E-state index in [0.29, 0.717) is 17.5 Å². The first-order valence-corrected chi connectivity index (χ1v) is 24.5. The van der Waals surface area contributed by atoms with E-state index in [-0.39, 0.29) is 0 Å². The molecule has 0 fully saturated rings. The largest absolute Gasteiger partial charge is 0.309 e. The lowest BCUT2D eigenvalue weighted by molar-refractivity contribution is 1.08. The maximum Gasteiger partial charge on any atom is 0.165 e. The van der Waals surface area contributed by atoms with Gasteiger partial charge in [-0.2, -0.15) is 0 Å². The van der Waals surface area contributed by atoms with Gasteiger partial charge in [0.15, 0.2) is 17.5 Å². The Balaban J connectivity index is 1.01. The van der Waals surface area contributed by atoms with E-state index in [9.17, 15) is 0 Å². The fourth-order valence-corrected chi connectivity index (χ4v) is 13.2. The monoisotopic (exact) mass is 901 g/mol. The zero-order valence-electron chi connectivity index (χ0n) is 36.3. The van der Waals surface area contributed by atoms with E-state index in [2.05, 4.69) is 203 Å². The lowest BCUT2D eigenvalue weighted by Crippen LogP contribution is -2.02. The van der Waals surface area contributed by atoms with Gasteiger partial charge in [0.25, 0.3) is 0 Å². The van der Waals surface area contributed by atoms with Crippen molar-refractivity contribution in [1.29, 1.82) is 0 Å². The van der Waals surface area contributed by atoms with Crippen molar-refractivity contribution in [3.63, 3.8) is 0 Å². The lowest BCUT2D eigenvalue weighted by Gasteiger charge is -2.16. The molecule has 5 nitrogen and oxygen atoms in total. The summed E-state index contributed by atoms with van der Waals surface area (Å²) in [4.78, 5) is 15.9. The van der Waals surface area contributed by atoms with Gasteiger partial charge in [0, 0.05) is 85.0 Å². The first kappa shape index (κ1) is 37.7. The summed E-state index contributed by atoms with van der Waals surface area (Å²) in [6, 6.07) is 76.6. The van der Waals surface area contributed by atoms with E-state index in [1.54, 1.807) is 11.3 Å². The Morgan fingerprint density at radius 3 is 1.57 bits per heavy atom. The number of fused-ring (bicyclic) bond motifs is 14. The van der Waals surface area contributed by atoms with E-state index in [0.717, 1.165) is 44.4 Å². The molecule has 0 amide bonds. The van der Waals surface area contributed by atoms with Crippen molar-refractivity contribution in [2.75, 3.05) is 0 Å². The summed E-state index contributed by atoms with van der Waals surface area (Å²) in [5, 5.41) is 12.1. The minimum atomic E-state index is 0.637. The summed E-state index contributed by atoms with van der Waals surface area (Å²) in [5.41, 5.74) is 9.84. The van der Waals surface area contributed by atoms with E-state index in [1.165, 1.54) is 78.4 Å². The molecule has 0 aliphatic carbocycles. The number of nitrogens with zero attached hydrogens (tertiary/aromatic N) is 5. The molecule has 0 unspecified atom stereocenters. The molecule has 316 valence electrons. The third-order valence-corrected chi connectivity index (χ3v) is 16.2. The van der Waals surface area contributed by atoms with Crippen molar-refractivity contribution in [2.45, 2.75) is 0 Å². The van der Waals surface area contributed by atoms with Crippen LogP contribution in [-0.4, -0.2) is 24.1 Å². The van der Waals surface area contributed by atoms with Crippen LogP contribution in [0.3, 0.4) is 0 Å². The summed E-state index contributed by atoms with van der Waals surface area (Å²) < 4.78 is 9.92. The fraction of sp³-hybridized carbons (Fsp3) is 0. The minimum Gasteiger partial charge on any atom is -0.309 e. The van der Waals surface area contributed by atoms with Gasteiger partial charge in [-0.15, -0.1) is 22.7 Å². The van der Waals surface area contributed by atoms with Crippen LogP contribution < -0.4 is 0 Å². The number of para-hydroxylation sites is 2. The summed E-state index contributed by atoms with van der Waals surface area (Å²) in [6.45, 7) is 0. The highest BCUT2D eigenvalue weighted by Gasteiger charge is 2.23. The first-order chi connectivity index (χ1) is 33.7. The third-order valence-electron chi connectivity index (χ3n) is 13.8. The molecular formula is C61H35N5S2. The average molecular weight is 902 g/mol. The van der Waals surface area contributed by atoms with Crippen molar-refractivity contribution in [1.82, 2.24) is 24.1 Å². The van der Waals surface area contributed by atoms with Crippen LogP contribution in [0.15, 0.2) is 212 Å². The summed E-state index contributed by atoms with van der Waals surface area (Å²) in [6.07, 6.45) is 0. The molecule has 0 saturated carbocycles. The first-order valence-electron chi connectivity index (χ1n) is 22.9. The normalized spacial score (nSPS) is 12.1. The van der Waals surface area contributed by atoms with Crippen LogP contribution in [0.5, 0.6) is 0 Å². The van der Waals surface area contributed by atoms with Crippen LogP contribution in [0.1, 0.15) is 0 Å². The third kappa shape index (κ3) is 5.45. The maximum atomic E-state index is 5.39. The molecule has 15 rings (SSSR count). The number of aromatic nitrogens is 5.